The van der Waals surface area contributed by atoms with Gasteiger partial charge in [0.2, 0.25) is 5.91 Å². The second-order valence-corrected chi connectivity index (χ2v) is 5.84. The zero-order chi connectivity index (χ0) is 19.6. The fourth-order valence-corrected chi connectivity index (χ4v) is 2.31. The fourth-order valence-electron chi connectivity index (χ4n) is 2.31. The Kier molecular flexibility index (Phi) is 7.37. The lowest BCUT2D eigenvalue weighted by Crippen LogP contribution is -2.28. The van der Waals surface area contributed by atoms with Gasteiger partial charge in [0, 0.05) is 19.2 Å². The van der Waals surface area contributed by atoms with Crippen molar-refractivity contribution in [3.05, 3.63) is 59.7 Å². The van der Waals surface area contributed by atoms with Crippen molar-refractivity contribution in [3.63, 3.8) is 0 Å². The summed E-state index contributed by atoms with van der Waals surface area (Å²) >= 11 is 0. The van der Waals surface area contributed by atoms with Gasteiger partial charge >= 0.3 is 5.97 Å². The van der Waals surface area contributed by atoms with Crippen LogP contribution in [0.1, 0.15) is 18.1 Å². The van der Waals surface area contributed by atoms with Crippen LogP contribution in [-0.4, -0.2) is 31.5 Å². The predicted molar refractivity (Wildman–Crippen MR) is 100 cm³/mol. The van der Waals surface area contributed by atoms with Gasteiger partial charge in [-0.1, -0.05) is 24.3 Å². The van der Waals surface area contributed by atoms with Crippen LogP contribution in [0, 0.1) is 0 Å². The Hall–Kier alpha value is -3.35. The number of nitrogens with one attached hydrogen (secondary N) is 2. The summed E-state index contributed by atoms with van der Waals surface area (Å²) in [5.41, 5.74) is 2.26. The first-order valence-corrected chi connectivity index (χ1v) is 8.38. The molecular formula is C20H22N2O5. The SMILES string of the molecule is COc1cccc(CNC(=O)COC(=O)Cc2ccc(NC(C)=O)cc2)c1. The van der Waals surface area contributed by atoms with E-state index in [1.54, 1.807) is 31.4 Å². The van der Waals surface area contributed by atoms with Gasteiger partial charge in [-0.25, -0.2) is 0 Å². The normalized spacial score (nSPS) is 10.0. The van der Waals surface area contributed by atoms with Gasteiger partial charge in [0.25, 0.3) is 5.91 Å². The molecule has 2 N–H and O–H groups in total. The van der Waals surface area contributed by atoms with E-state index in [0.29, 0.717) is 18.0 Å². The van der Waals surface area contributed by atoms with Crippen molar-refractivity contribution in [2.24, 2.45) is 0 Å². The third-order valence-corrected chi connectivity index (χ3v) is 3.61. The van der Waals surface area contributed by atoms with E-state index in [9.17, 15) is 14.4 Å². The summed E-state index contributed by atoms with van der Waals surface area (Å²) in [5.74, 6) is -0.342. The number of ether oxygens (including phenoxy) is 2. The van der Waals surface area contributed by atoms with Crippen molar-refractivity contribution >= 4 is 23.5 Å². The molecule has 0 atom stereocenters. The number of anilines is 1. The molecule has 0 aliphatic carbocycles. The van der Waals surface area contributed by atoms with Gasteiger partial charge in [-0.15, -0.1) is 0 Å². The highest BCUT2D eigenvalue weighted by molar-refractivity contribution is 5.88. The number of methoxy groups -OCH3 is 1. The highest BCUT2D eigenvalue weighted by Gasteiger charge is 2.09. The van der Waals surface area contributed by atoms with E-state index in [1.165, 1.54) is 6.92 Å². The van der Waals surface area contributed by atoms with E-state index >= 15 is 0 Å². The van der Waals surface area contributed by atoms with Crippen LogP contribution in [0.4, 0.5) is 5.69 Å². The minimum atomic E-state index is -0.501. The van der Waals surface area contributed by atoms with Crippen LogP contribution in [0.25, 0.3) is 0 Å². The topological polar surface area (TPSA) is 93.7 Å². The number of hydrogen-bond donors (Lipinski definition) is 2. The van der Waals surface area contributed by atoms with Crippen LogP contribution in [0.2, 0.25) is 0 Å². The molecule has 0 bridgehead atoms. The lowest BCUT2D eigenvalue weighted by molar-refractivity contribution is -0.147. The number of hydrogen-bond acceptors (Lipinski definition) is 5. The van der Waals surface area contributed by atoms with Gasteiger partial charge < -0.3 is 20.1 Å². The molecule has 0 radical (unpaired) electrons. The van der Waals surface area contributed by atoms with Gasteiger partial charge in [-0.3, -0.25) is 14.4 Å². The highest BCUT2D eigenvalue weighted by atomic mass is 16.5. The minimum absolute atomic E-state index is 0.0452. The summed E-state index contributed by atoms with van der Waals surface area (Å²) in [7, 11) is 1.57. The fraction of sp³-hybridized carbons (Fsp3) is 0.250. The number of rotatable bonds is 8. The molecule has 0 aromatic heterocycles. The lowest BCUT2D eigenvalue weighted by Gasteiger charge is -2.08. The average molecular weight is 370 g/mol. The first-order chi connectivity index (χ1) is 13.0. The Morgan fingerprint density at radius 2 is 1.74 bits per heavy atom. The molecule has 0 saturated carbocycles. The molecule has 0 aliphatic rings. The van der Waals surface area contributed by atoms with Gasteiger partial charge in [-0.05, 0) is 35.4 Å². The molecular weight excluding hydrogens is 348 g/mol. The molecule has 142 valence electrons. The Bertz CT molecular complexity index is 802. The van der Waals surface area contributed by atoms with E-state index in [4.69, 9.17) is 9.47 Å². The molecule has 0 fully saturated rings. The molecule has 0 spiro atoms. The quantitative estimate of drug-likeness (QED) is 0.694. The summed E-state index contributed by atoms with van der Waals surface area (Å²) in [6.45, 7) is 1.40. The Labute approximate surface area is 157 Å². The van der Waals surface area contributed by atoms with E-state index < -0.39 is 5.97 Å². The summed E-state index contributed by atoms with van der Waals surface area (Å²) in [5, 5.41) is 5.33. The Morgan fingerprint density at radius 3 is 2.41 bits per heavy atom. The number of esters is 1. The van der Waals surface area contributed by atoms with E-state index in [0.717, 1.165) is 11.1 Å². The first kappa shape index (κ1) is 20.0. The predicted octanol–water partition coefficient (Wildman–Crippen LogP) is 2.06. The average Bonchev–Trinajstić information content (AvgIpc) is 2.66. The third-order valence-electron chi connectivity index (χ3n) is 3.61. The lowest BCUT2D eigenvalue weighted by atomic mass is 10.1. The maximum atomic E-state index is 11.8. The van der Waals surface area contributed by atoms with Gasteiger partial charge in [0.05, 0.1) is 13.5 Å². The van der Waals surface area contributed by atoms with E-state index in [2.05, 4.69) is 10.6 Å². The highest BCUT2D eigenvalue weighted by Crippen LogP contribution is 2.12. The van der Waals surface area contributed by atoms with Gasteiger partial charge in [-0.2, -0.15) is 0 Å². The minimum Gasteiger partial charge on any atom is -0.497 e. The second-order valence-electron chi connectivity index (χ2n) is 5.84. The van der Waals surface area contributed by atoms with Crippen LogP contribution >= 0.6 is 0 Å². The maximum Gasteiger partial charge on any atom is 0.310 e. The van der Waals surface area contributed by atoms with Crippen LogP contribution in [0.3, 0.4) is 0 Å². The molecule has 7 heteroatoms. The number of amides is 2. The third kappa shape index (κ3) is 7.19. The molecule has 2 aromatic rings. The summed E-state index contributed by atoms with van der Waals surface area (Å²) < 4.78 is 10.1. The van der Waals surface area contributed by atoms with Crippen molar-refractivity contribution in [1.82, 2.24) is 5.32 Å². The molecule has 2 aromatic carbocycles. The van der Waals surface area contributed by atoms with Crippen molar-refractivity contribution in [1.29, 1.82) is 0 Å². The number of benzene rings is 2. The number of carbonyl (C=O) groups excluding carboxylic acids is 3. The molecule has 2 amide bonds. The van der Waals surface area contributed by atoms with Crippen LogP contribution in [0.5, 0.6) is 5.75 Å². The van der Waals surface area contributed by atoms with Crippen molar-refractivity contribution < 1.29 is 23.9 Å². The molecule has 0 unspecified atom stereocenters. The molecule has 7 nitrogen and oxygen atoms in total. The molecule has 0 saturated heterocycles. The van der Waals surface area contributed by atoms with E-state index in [-0.39, 0.29) is 24.8 Å². The van der Waals surface area contributed by atoms with E-state index in [1.807, 2.05) is 24.3 Å². The zero-order valence-electron chi connectivity index (χ0n) is 15.3. The van der Waals surface area contributed by atoms with Crippen molar-refractivity contribution in [3.8, 4) is 5.75 Å². The standard InChI is InChI=1S/C20H22N2O5/c1-14(23)22-17-8-6-15(7-9-17)11-20(25)27-13-19(24)21-12-16-4-3-5-18(10-16)26-2/h3-10H,11-13H2,1-2H3,(H,21,24)(H,22,23). The zero-order valence-corrected chi connectivity index (χ0v) is 15.3. The maximum absolute atomic E-state index is 11.8. The molecule has 0 heterocycles. The smallest absolute Gasteiger partial charge is 0.310 e. The Morgan fingerprint density at radius 1 is 1.00 bits per heavy atom. The molecule has 0 aliphatic heterocycles. The number of carbonyl (C=O) groups is 3. The van der Waals surface area contributed by atoms with Crippen LogP contribution in [0.15, 0.2) is 48.5 Å². The largest absolute Gasteiger partial charge is 0.497 e. The van der Waals surface area contributed by atoms with Gasteiger partial charge in [0.15, 0.2) is 6.61 Å². The summed E-state index contributed by atoms with van der Waals surface area (Å²) in [4.78, 5) is 34.6. The molecule has 2 rings (SSSR count). The van der Waals surface area contributed by atoms with Crippen LogP contribution in [-0.2, 0) is 32.1 Å². The summed E-state index contributed by atoms with van der Waals surface area (Å²) in [6, 6.07) is 14.2. The molecule has 27 heavy (non-hydrogen) atoms. The summed E-state index contributed by atoms with van der Waals surface area (Å²) in [6.07, 6.45) is 0.0452. The monoisotopic (exact) mass is 370 g/mol. The van der Waals surface area contributed by atoms with Gasteiger partial charge in [0.1, 0.15) is 5.75 Å². The van der Waals surface area contributed by atoms with Crippen LogP contribution < -0.4 is 15.4 Å². The second kappa shape index (κ2) is 9.96. The van der Waals surface area contributed by atoms with Crippen molar-refractivity contribution in [2.75, 3.05) is 19.0 Å². The Balaban J connectivity index is 1.72. The van der Waals surface area contributed by atoms with Crippen molar-refractivity contribution in [2.45, 2.75) is 19.9 Å². The first-order valence-electron chi connectivity index (χ1n) is 8.38.